The van der Waals surface area contributed by atoms with Gasteiger partial charge in [0.05, 0.1) is 11.7 Å². The van der Waals surface area contributed by atoms with Crippen molar-refractivity contribution in [1.82, 2.24) is 14.5 Å². The number of aromatic nitrogens is 3. The lowest BCUT2D eigenvalue weighted by Gasteiger charge is -2.24. The summed E-state index contributed by atoms with van der Waals surface area (Å²) in [7, 11) is 0. The molecular formula is C22H24FN3O3. The van der Waals surface area contributed by atoms with Crippen molar-refractivity contribution < 1.29 is 19.3 Å². The van der Waals surface area contributed by atoms with E-state index in [0.29, 0.717) is 18.6 Å². The van der Waals surface area contributed by atoms with Crippen molar-refractivity contribution in [1.29, 1.82) is 0 Å². The van der Waals surface area contributed by atoms with Crippen molar-refractivity contribution in [2.24, 2.45) is 0 Å². The van der Waals surface area contributed by atoms with Crippen LogP contribution in [0.4, 0.5) is 4.39 Å². The number of hydrogen-bond acceptors (Lipinski definition) is 5. The number of ether oxygens (including phenoxy) is 1. The number of benzene rings is 1. The van der Waals surface area contributed by atoms with Crippen molar-refractivity contribution in [2.75, 3.05) is 0 Å². The van der Waals surface area contributed by atoms with Crippen molar-refractivity contribution in [3.63, 3.8) is 0 Å². The molecule has 5 rings (SSSR count). The lowest BCUT2D eigenvalue weighted by Crippen LogP contribution is -2.34. The molecule has 0 bridgehead atoms. The number of aliphatic hydroxyl groups is 2. The zero-order chi connectivity index (χ0) is 20.1. The van der Waals surface area contributed by atoms with Gasteiger partial charge in [-0.15, -0.1) is 0 Å². The van der Waals surface area contributed by atoms with Crippen LogP contribution in [0.5, 0.6) is 5.75 Å². The molecule has 0 spiro atoms. The Hall–Kier alpha value is -2.51. The Bertz CT molecular complexity index is 1070. The first kappa shape index (κ1) is 18.5. The smallest absolute Gasteiger partial charge is 0.143 e. The molecule has 2 aliphatic carbocycles. The molecule has 0 amide bonds. The third-order valence-electron chi connectivity index (χ3n) is 6.38. The van der Waals surface area contributed by atoms with Gasteiger partial charge in [0.25, 0.3) is 0 Å². The van der Waals surface area contributed by atoms with E-state index in [1.807, 2.05) is 23.8 Å². The van der Waals surface area contributed by atoms with Crippen LogP contribution in [0.1, 0.15) is 42.1 Å². The maximum absolute atomic E-state index is 14.2. The first-order valence-corrected chi connectivity index (χ1v) is 10.2. The molecule has 3 aromatic rings. The third-order valence-corrected chi connectivity index (χ3v) is 6.38. The Morgan fingerprint density at radius 2 is 1.86 bits per heavy atom. The average molecular weight is 397 g/mol. The minimum absolute atomic E-state index is 0.189. The van der Waals surface area contributed by atoms with Crippen LogP contribution in [0.3, 0.4) is 0 Å². The van der Waals surface area contributed by atoms with E-state index in [4.69, 9.17) is 4.74 Å². The first-order chi connectivity index (χ1) is 14.0. The molecular weight excluding hydrogens is 373 g/mol. The van der Waals surface area contributed by atoms with E-state index in [-0.39, 0.29) is 11.9 Å². The summed E-state index contributed by atoms with van der Waals surface area (Å²) in [4.78, 5) is 8.57. The molecule has 6 nitrogen and oxygen atoms in total. The lowest BCUT2D eigenvalue weighted by atomic mass is 9.90. The van der Waals surface area contributed by atoms with E-state index < -0.39 is 18.3 Å². The average Bonchev–Trinajstić information content (AvgIpc) is 3.28. The van der Waals surface area contributed by atoms with Gasteiger partial charge < -0.3 is 19.5 Å². The van der Waals surface area contributed by atoms with Crippen LogP contribution in [0.2, 0.25) is 0 Å². The fourth-order valence-electron chi connectivity index (χ4n) is 4.79. The topological polar surface area (TPSA) is 80.4 Å². The zero-order valence-corrected chi connectivity index (χ0v) is 16.3. The van der Waals surface area contributed by atoms with Gasteiger partial charge in [-0.3, -0.25) is 0 Å². The summed E-state index contributed by atoms with van der Waals surface area (Å²) in [5.41, 5.74) is 3.22. The van der Waals surface area contributed by atoms with Crippen LogP contribution in [0.15, 0.2) is 30.7 Å². The van der Waals surface area contributed by atoms with Gasteiger partial charge in [0.2, 0.25) is 0 Å². The van der Waals surface area contributed by atoms with Gasteiger partial charge >= 0.3 is 0 Å². The number of nitrogens with zero attached hydrogens (tertiary/aromatic N) is 3. The molecule has 0 saturated heterocycles. The number of hydrogen-bond donors (Lipinski definition) is 2. The van der Waals surface area contributed by atoms with E-state index >= 15 is 0 Å². The van der Waals surface area contributed by atoms with Crippen molar-refractivity contribution in [3.05, 3.63) is 53.4 Å². The number of aryl methyl sites for hydroxylation is 1. The molecule has 2 aliphatic rings. The standard InChI is InChI=1S/C22H24FN3O3/c1-12-13-8-9-26(22(13)25-11-24-12)17-10-19(21(28)20(17)27)29-18-7-6-16(23)14-4-2-3-5-15(14)18/h6-9,11,17,19-21,27-28H,2-5,10H2,1H3/t17-,19+,20+,21-/m1/s1. The fraction of sp³-hybridized carbons (Fsp3) is 0.455. The molecule has 0 aliphatic heterocycles. The lowest BCUT2D eigenvalue weighted by molar-refractivity contribution is -0.0166. The van der Waals surface area contributed by atoms with Gasteiger partial charge in [-0.2, -0.15) is 0 Å². The predicted octanol–water partition coefficient (Wildman–Crippen LogP) is 2.87. The Morgan fingerprint density at radius 3 is 2.69 bits per heavy atom. The Morgan fingerprint density at radius 1 is 1.07 bits per heavy atom. The van der Waals surface area contributed by atoms with Gasteiger partial charge in [-0.05, 0) is 56.4 Å². The van der Waals surface area contributed by atoms with E-state index in [2.05, 4.69) is 9.97 Å². The molecule has 0 unspecified atom stereocenters. The molecule has 29 heavy (non-hydrogen) atoms. The summed E-state index contributed by atoms with van der Waals surface area (Å²) in [5, 5.41) is 22.3. The number of halogens is 1. The first-order valence-electron chi connectivity index (χ1n) is 10.2. The highest BCUT2D eigenvalue weighted by Gasteiger charge is 2.44. The molecule has 1 aromatic carbocycles. The Balaban J connectivity index is 1.44. The highest BCUT2D eigenvalue weighted by molar-refractivity contribution is 5.78. The second kappa shape index (κ2) is 7.07. The highest BCUT2D eigenvalue weighted by atomic mass is 19.1. The summed E-state index contributed by atoms with van der Waals surface area (Å²) in [6.07, 6.45) is 4.67. The molecule has 7 heteroatoms. The van der Waals surface area contributed by atoms with Gasteiger partial charge in [0.1, 0.15) is 41.9 Å². The van der Waals surface area contributed by atoms with Crippen LogP contribution in [0, 0.1) is 12.7 Å². The summed E-state index contributed by atoms with van der Waals surface area (Å²) in [6, 6.07) is 4.65. The number of rotatable bonds is 3. The summed E-state index contributed by atoms with van der Waals surface area (Å²) in [5.74, 6) is 0.430. The zero-order valence-electron chi connectivity index (χ0n) is 16.3. The number of aliphatic hydroxyl groups excluding tert-OH is 2. The van der Waals surface area contributed by atoms with Gasteiger partial charge in [0, 0.05) is 23.6 Å². The van der Waals surface area contributed by atoms with Gasteiger partial charge in [-0.1, -0.05) is 0 Å². The molecule has 2 heterocycles. The molecule has 1 saturated carbocycles. The largest absolute Gasteiger partial charge is 0.487 e. The quantitative estimate of drug-likeness (QED) is 0.710. The van der Waals surface area contributed by atoms with E-state index in [9.17, 15) is 14.6 Å². The Kier molecular flexibility index (Phi) is 4.52. The van der Waals surface area contributed by atoms with Crippen LogP contribution in [-0.2, 0) is 12.8 Å². The summed E-state index contributed by atoms with van der Waals surface area (Å²) < 4.78 is 22.2. The predicted molar refractivity (Wildman–Crippen MR) is 105 cm³/mol. The molecule has 152 valence electrons. The SMILES string of the molecule is Cc1ncnc2c1ccn2[C@@H]1C[C@H](Oc2ccc(F)c3c2CCCC3)[C@@H](O)[C@H]1O. The van der Waals surface area contributed by atoms with Crippen molar-refractivity contribution >= 4 is 11.0 Å². The fourth-order valence-corrected chi connectivity index (χ4v) is 4.79. The molecule has 1 fully saturated rings. The minimum atomic E-state index is -1.04. The van der Waals surface area contributed by atoms with Crippen LogP contribution in [-0.4, -0.2) is 43.1 Å². The third kappa shape index (κ3) is 3.00. The van der Waals surface area contributed by atoms with Crippen LogP contribution >= 0.6 is 0 Å². The van der Waals surface area contributed by atoms with Crippen molar-refractivity contribution in [2.45, 2.75) is 63.4 Å². The van der Waals surface area contributed by atoms with E-state index in [1.165, 1.54) is 12.4 Å². The highest BCUT2D eigenvalue weighted by Crippen LogP contribution is 2.38. The minimum Gasteiger partial charge on any atom is -0.487 e. The maximum atomic E-state index is 14.2. The molecule has 2 N–H and O–H groups in total. The van der Waals surface area contributed by atoms with E-state index in [1.54, 1.807) is 6.07 Å². The Labute approximate surface area is 168 Å². The van der Waals surface area contributed by atoms with Crippen LogP contribution < -0.4 is 4.74 Å². The second-order valence-corrected chi connectivity index (χ2v) is 8.07. The monoisotopic (exact) mass is 397 g/mol. The van der Waals surface area contributed by atoms with Crippen LogP contribution in [0.25, 0.3) is 11.0 Å². The molecule has 0 radical (unpaired) electrons. The molecule has 4 atom stereocenters. The summed E-state index contributed by atoms with van der Waals surface area (Å²) in [6.45, 7) is 1.91. The van der Waals surface area contributed by atoms with Gasteiger partial charge in [-0.25, -0.2) is 14.4 Å². The number of fused-ring (bicyclic) bond motifs is 2. The maximum Gasteiger partial charge on any atom is 0.143 e. The summed E-state index contributed by atoms with van der Waals surface area (Å²) >= 11 is 0. The van der Waals surface area contributed by atoms with Crippen molar-refractivity contribution in [3.8, 4) is 5.75 Å². The van der Waals surface area contributed by atoms with Gasteiger partial charge in [0.15, 0.2) is 0 Å². The van der Waals surface area contributed by atoms with E-state index in [0.717, 1.165) is 47.1 Å². The second-order valence-electron chi connectivity index (χ2n) is 8.07. The normalized spacial score (nSPS) is 26.6. The molecule has 2 aromatic heterocycles.